The maximum absolute atomic E-state index is 12.3. The molecular formula is C16H13Cl2F2NO2S. The Bertz CT molecular complexity index is 714. The first-order valence-corrected chi connectivity index (χ1v) is 8.46. The fourth-order valence-corrected chi connectivity index (χ4v) is 2.73. The van der Waals surface area contributed by atoms with Crippen LogP contribution >= 0.6 is 35.0 Å². The third-order valence-electron chi connectivity index (χ3n) is 2.91. The Balaban J connectivity index is 1.96. The van der Waals surface area contributed by atoms with E-state index in [1.165, 1.54) is 18.2 Å². The second-order valence-electron chi connectivity index (χ2n) is 4.73. The summed E-state index contributed by atoms with van der Waals surface area (Å²) in [7, 11) is 0. The SMILES string of the molecule is C[C@H](Oc1ccc(Cl)cc1Cl)C(=O)Nc1ccc(SC(F)F)cc1. The van der Waals surface area contributed by atoms with E-state index in [1.807, 2.05) is 0 Å². The maximum Gasteiger partial charge on any atom is 0.288 e. The lowest BCUT2D eigenvalue weighted by molar-refractivity contribution is -0.122. The lowest BCUT2D eigenvalue weighted by Crippen LogP contribution is -2.30. The van der Waals surface area contributed by atoms with Crippen molar-refractivity contribution in [2.24, 2.45) is 0 Å². The minimum absolute atomic E-state index is 0.301. The van der Waals surface area contributed by atoms with Crippen LogP contribution in [0.2, 0.25) is 10.0 Å². The fourth-order valence-electron chi connectivity index (χ4n) is 1.78. The minimum atomic E-state index is -2.48. The number of benzene rings is 2. The smallest absolute Gasteiger partial charge is 0.288 e. The molecule has 0 fully saturated rings. The summed E-state index contributed by atoms with van der Waals surface area (Å²) < 4.78 is 30.0. The molecule has 128 valence electrons. The second-order valence-corrected chi connectivity index (χ2v) is 6.63. The van der Waals surface area contributed by atoms with E-state index >= 15 is 0 Å². The summed E-state index contributed by atoms with van der Waals surface area (Å²) in [5, 5.41) is 3.41. The van der Waals surface area contributed by atoms with Crippen LogP contribution in [0.15, 0.2) is 47.4 Å². The third-order valence-corrected chi connectivity index (χ3v) is 4.17. The summed E-state index contributed by atoms with van der Waals surface area (Å²) in [4.78, 5) is 12.5. The van der Waals surface area contributed by atoms with E-state index in [-0.39, 0.29) is 0 Å². The average Bonchev–Trinajstić information content (AvgIpc) is 2.51. The lowest BCUT2D eigenvalue weighted by Gasteiger charge is -2.16. The lowest BCUT2D eigenvalue weighted by atomic mass is 10.3. The molecule has 0 bridgehead atoms. The first-order chi connectivity index (χ1) is 11.3. The summed E-state index contributed by atoms with van der Waals surface area (Å²) in [5.74, 6) is -2.54. The Morgan fingerprint density at radius 1 is 1.17 bits per heavy atom. The van der Waals surface area contributed by atoms with E-state index in [0.29, 0.717) is 38.1 Å². The monoisotopic (exact) mass is 391 g/mol. The molecule has 1 N–H and O–H groups in total. The van der Waals surface area contributed by atoms with Crippen molar-refractivity contribution in [1.29, 1.82) is 0 Å². The van der Waals surface area contributed by atoms with Crippen molar-refractivity contribution in [3.05, 3.63) is 52.5 Å². The normalized spacial score (nSPS) is 12.1. The molecule has 0 aliphatic rings. The minimum Gasteiger partial charge on any atom is -0.479 e. The molecule has 0 aromatic heterocycles. The first-order valence-electron chi connectivity index (χ1n) is 6.82. The molecule has 0 saturated carbocycles. The van der Waals surface area contributed by atoms with Crippen LogP contribution in [0.5, 0.6) is 5.75 Å². The van der Waals surface area contributed by atoms with E-state index in [9.17, 15) is 13.6 Å². The number of alkyl halides is 2. The van der Waals surface area contributed by atoms with Crippen molar-refractivity contribution < 1.29 is 18.3 Å². The summed E-state index contributed by atoms with van der Waals surface area (Å²) in [6.45, 7) is 1.57. The topological polar surface area (TPSA) is 38.3 Å². The van der Waals surface area contributed by atoms with Gasteiger partial charge in [-0.1, -0.05) is 35.0 Å². The molecule has 0 unspecified atom stereocenters. The van der Waals surface area contributed by atoms with Gasteiger partial charge in [-0.15, -0.1) is 0 Å². The van der Waals surface area contributed by atoms with Gasteiger partial charge in [0.05, 0.1) is 5.02 Å². The highest BCUT2D eigenvalue weighted by molar-refractivity contribution is 7.99. The second kappa shape index (κ2) is 8.55. The van der Waals surface area contributed by atoms with Gasteiger partial charge in [0.15, 0.2) is 6.10 Å². The highest BCUT2D eigenvalue weighted by Gasteiger charge is 2.16. The summed E-state index contributed by atoms with van der Waals surface area (Å²) in [6, 6.07) is 10.8. The van der Waals surface area contributed by atoms with E-state index in [4.69, 9.17) is 27.9 Å². The van der Waals surface area contributed by atoms with Gasteiger partial charge < -0.3 is 10.1 Å². The summed E-state index contributed by atoms with van der Waals surface area (Å²) in [6.07, 6.45) is -0.807. The standard InChI is InChI=1S/C16H13Cl2F2NO2S/c1-9(23-14-7-2-10(17)8-13(14)18)15(22)21-11-3-5-12(6-4-11)24-16(19)20/h2-9,16H,1H3,(H,21,22)/t9-/m0/s1. The molecule has 0 aliphatic carbocycles. The predicted molar refractivity (Wildman–Crippen MR) is 93.5 cm³/mol. The number of anilines is 1. The summed E-state index contributed by atoms with van der Waals surface area (Å²) in [5.41, 5.74) is 0.483. The van der Waals surface area contributed by atoms with Gasteiger partial charge in [-0.3, -0.25) is 4.79 Å². The van der Waals surface area contributed by atoms with Gasteiger partial charge >= 0.3 is 0 Å². The molecule has 8 heteroatoms. The fraction of sp³-hybridized carbons (Fsp3) is 0.188. The Labute approximate surface area is 152 Å². The molecular weight excluding hydrogens is 379 g/mol. The third kappa shape index (κ3) is 5.54. The van der Waals surface area contributed by atoms with Crippen LogP contribution in [0.4, 0.5) is 14.5 Å². The molecule has 0 saturated heterocycles. The molecule has 1 atom stereocenters. The molecule has 2 rings (SSSR count). The van der Waals surface area contributed by atoms with E-state index in [2.05, 4.69) is 5.32 Å². The van der Waals surface area contributed by atoms with Gasteiger partial charge in [-0.2, -0.15) is 8.78 Å². The predicted octanol–water partition coefficient (Wildman–Crippen LogP) is 5.71. The molecule has 2 aromatic rings. The first kappa shape index (κ1) is 18.8. The van der Waals surface area contributed by atoms with E-state index < -0.39 is 17.8 Å². The molecule has 24 heavy (non-hydrogen) atoms. The quantitative estimate of drug-likeness (QED) is 0.640. The number of ether oxygens (including phenoxy) is 1. The van der Waals surface area contributed by atoms with Gasteiger partial charge in [0.1, 0.15) is 5.75 Å². The molecule has 0 heterocycles. The highest BCUT2D eigenvalue weighted by atomic mass is 35.5. The van der Waals surface area contributed by atoms with Crippen LogP contribution in [-0.2, 0) is 4.79 Å². The number of nitrogens with one attached hydrogen (secondary N) is 1. The molecule has 3 nitrogen and oxygen atoms in total. The van der Waals surface area contributed by atoms with Gasteiger partial charge in [0.25, 0.3) is 11.7 Å². The van der Waals surface area contributed by atoms with Gasteiger partial charge in [0, 0.05) is 15.6 Å². The Morgan fingerprint density at radius 2 is 1.83 bits per heavy atom. The van der Waals surface area contributed by atoms with Crippen LogP contribution in [0.3, 0.4) is 0 Å². The van der Waals surface area contributed by atoms with Crippen LogP contribution in [0, 0.1) is 0 Å². The van der Waals surface area contributed by atoms with Crippen molar-refractivity contribution in [1.82, 2.24) is 0 Å². The Kier molecular flexibility index (Phi) is 6.71. The number of thioether (sulfide) groups is 1. The van der Waals surface area contributed by atoms with Crippen molar-refractivity contribution in [2.75, 3.05) is 5.32 Å². The molecule has 0 spiro atoms. The highest BCUT2D eigenvalue weighted by Crippen LogP contribution is 2.29. The molecule has 0 aliphatic heterocycles. The number of carbonyl (C=O) groups excluding carboxylic acids is 1. The largest absolute Gasteiger partial charge is 0.479 e. The zero-order valence-electron chi connectivity index (χ0n) is 12.4. The van der Waals surface area contributed by atoms with Crippen LogP contribution in [0.1, 0.15) is 6.92 Å². The molecule has 1 amide bonds. The van der Waals surface area contributed by atoms with Crippen LogP contribution in [0.25, 0.3) is 0 Å². The van der Waals surface area contributed by atoms with Crippen LogP contribution < -0.4 is 10.1 Å². The number of hydrogen-bond acceptors (Lipinski definition) is 3. The number of carbonyl (C=O) groups is 1. The molecule has 2 aromatic carbocycles. The number of halogens is 4. The van der Waals surface area contributed by atoms with Gasteiger partial charge in [-0.25, -0.2) is 0 Å². The maximum atomic E-state index is 12.3. The van der Waals surface area contributed by atoms with Crippen molar-refractivity contribution in [3.63, 3.8) is 0 Å². The zero-order valence-corrected chi connectivity index (χ0v) is 14.8. The van der Waals surface area contributed by atoms with Gasteiger partial charge in [-0.05, 0) is 49.4 Å². The van der Waals surface area contributed by atoms with E-state index in [0.717, 1.165) is 0 Å². The number of rotatable bonds is 6. The van der Waals surface area contributed by atoms with Gasteiger partial charge in [0.2, 0.25) is 0 Å². The Morgan fingerprint density at radius 3 is 2.42 bits per heavy atom. The van der Waals surface area contributed by atoms with Crippen molar-refractivity contribution >= 4 is 46.6 Å². The Hall–Kier alpha value is -1.50. The number of hydrogen-bond donors (Lipinski definition) is 1. The zero-order chi connectivity index (χ0) is 17.7. The number of amides is 1. The average molecular weight is 392 g/mol. The van der Waals surface area contributed by atoms with Crippen molar-refractivity contribution in [2.45, 2.75) is 23.7 Å². The van der Waals surface area contributed by atoms with Crippen molar-refractivity contribution in [3.8, 4) is 5.75 Å². The summed E-state index contributed by atoms with van der Waals surface area (Å²) >= 11 is 12.2. The van der Waals surface area contributed by atoms with Crippen LogP contribution in [-0.4, -0.2) is 17.8 Å². The van der Waals surface area contributed by atoms with E-state index in [1.54, 1.807) is 31.2 Å². The molecule has 0 radical (unpaired) electrons.